The van der Waals surface area contributed by atoms with E-state index in [1.54, 1.807) is 11.8 Å². The van der Waals surface area contributed by atoms with E-state index < -0.39 is 0 Å². The van der Waals surface area contributed by atoms with Crippen LogP contribution in [-0.4, -0.2) is 27.8 Å². The Bertz CT molecular complexity index is 1060. The lowest BCUT2D eigenvalue weighted by molar-refractivity contribution is -0.118. The summed E-state index contributed by atoms with van der Waals surface area (Å²) >= 11 is 1.76. The van der Waals surface area contributed by atoms with Gasteiger partial charge in [-0.05, 0) is 30.0 Å². The van der Waals surface area contributed by atoms with Gasteiger partial charge in [0.15, 0.2) is 11.8 Å². The number of ether oxygens (including phenoxy) is 1. The maximum absolute atomic E-state index is 12.7. The molecule has 2 heterocycles. The van der Waals surface area contributed by atoms with E-state index in [2.05, 4.69) is 49.8 Å². The Morgan fingerprint density at radius 1 is 1.23 bits per heavy atom. The van der Waals surface area contributed by atoms with Gasteiger partial charge in [0.1, 0.15) is 5.75 Å². The van der Waals surface area contributed by atoms with Gasteiger partial charge in [-0.1, -0.05) is 68.4 Å². The third kappa shape index (κ3) is 4.38. The van der Waals surface area contributed by atoms with Crippen LogP contribution >= 0.6 is 11.8 Å². The number of rotatable bonds is 5. The van der Waals surface area contributed by atoms with Gasteiger partial charge in [0.25, 0.3) is 5.91 Å². The molecule has 0 unspecified atom stereocenters. The van der Waals surface area contributed by atoms with Crippen molar-refractivity contribution in [2.45, 2.75) is 44.8 Å². The van der Waals surface area contributed by atoms with Crippen LogP contribution in [0.3, 0.4) is 0 Å². The smallest absolute Gasteiger partial charge is 0.262 e. The van der Waals surface area contributed by atoms with E-state index in [4.69, 9.17) is 9.72 Å². The van der Waals surface area contributed by atoms with E-state index in [1.165, 1.54) is 5.56 Å². The van der Waals surface area contributed by atoms with Gasteiger partial charge in [-0.2, -0.15) is 0 Å². The predicted octanol–water partition coefficient (Wildman–Crippen LogP) is 5.28. The van der Waals surface area contributed by atoms with E-state index in [0.717, 1.165) is 45.7 Å². The molecule has 30 heavy (non-hydrogen) atoms. The highest BCUT2D eigenvalue weighted by molar-refractivity contribution is 7.99. The maximum atomic E-state index is 12.7. The number of hydrogen-bond donors (Lipinski definition) is 1. The SMILES string of the molecule is Cc1ccc(OCC(=O)Nc2ccccc2-c2cn3c(n2)SCC3)c(C(C)(C)C)c1. The van der Waals surface area contributed by atoms with Gasteiger partial charge >= 0.3 is 0 Å². The van der Waals surface area contributed by atoms with Crippen LogP contribution in [0.2, 0.25) is 0 Å². The molecule has 0 saturated carbocycles. The molecule has 156 valence electrons. The van der Waals surface area contributed by atoms with Crippen molar-refractivity contribution in [3.05, 3.63) is 59.8 Å². The maximum Gasteiger partial charge on any atom is 0.262 e. The Hall–Kier alpha value is -2.73. The number of anilines is 1. The van der Waals surface area contributed by atoms with Crippen molar-refractivity contribution >= 4 is 23.4 Å². The van der Waals surface area contributed by atoms with Gasteiger partial charge in [0.2, 0.25) is 0 Å². The average Bonchev–Trinajstić information content (AvgIpc) is 3.29. The molecule has 1 N–H and O–H groups in total. The highest BCUT2D eigenvalue weighted by Crippen LogP contribution is 2.33. The van der Waals surface area contributed by atoms with Crippen LogP contribution < -0.4 is 10.1 Å². The van der Waals surface area contributed by atoms with Gasteiger partial charge in [-0.15, -0.1) is 0 Å². The molecule has 1 aliphatic heterocycles. The summed E-state index contributed by atoms with van der Waals surface area (Å²) < 4.78 is 8.07. The number of amides is 1. The summed E-state index contributed by atoms with van der Waals surface area (Å²) in [6, 6.07) is 13.8. The molecule has 1 aliphatic rings. The van der Waals surface area contributed by atoms with E-state index in [0.29, 0.717) is 0 Å². The first-order chi connectivity index (χ1) is 14.3. The average molecular weight is 422 g/mol. The van der Waals surface area contributed by atoms with Gasteiger partial charge in [0, 0.05) is 24.1 Å². The summed E-state index contributed by atoms with van der Waals surface area (Å²) in [6.45, 7) is 9.42. The van der Waals surface area contributed by atoms with E-state index in [9.17, 15) is 4.79 Å². The molecule has 5 nitrogen and oxygen atoms in total. The number of nitrogens with zero attached hydrogens (tertiary/aromatic N) is 2. The first-order valence-corrected chi connectivity index (χ1v) is 11.1. The lowest BCUT2D eigenvalue weighted by Gasteiger charge is -2.23. The highest BCUT2D eigenvalue weighted by atomic mass is 32.2. The minimum Gasteiger partial charge on any atom is -0.483 e. The van der Waals surface area contributed by atoms with Gasteiger partial charge in [-0.3, -0.25) is 4.79 Å². The summed E-state index contributed by atoms with van der Waals surface area (Å²) in [5.41, 5.74) is 4.75. The lowest BCUT2D eigenvalue weighted by Crippen LogP contribution is -2.22. The second kappa shape index (κ2) is 8.19. The number of carbonyl (C=O) groups is 1. The zero-order valence-corrected chi connectivity index (χ0v) is 18.7. The third-order valence-corrected chi connectivity index (χ3v) is 6.05. The zero-order chi connectivity index (χ0) is 21.3. The fourth-order valence-electron chi connectivity index (χ4n) is 3.54. The predicted molar refractivity (Wildman–Crippen MR) is 122 cm³/mol. The zero-order valence-electron chi connectivity index (χ0n) is 17.9. The number of imidazole rings is 1. The number of benzene rings is 2. The van der Waals surface area contributed by atoms with Crippen LogP contribution in [0.25, 0.3) is 11.3 Å². The number of aromatic nitrogens is 2. The standard InChI is InChI=1S/C24H27N3O2S/c1-16-9-10-21(18(13-16)24(2,3)4)29-15-22(28)25-19-8-6-5-7-17(19)20-14-27-11-12-30-23(27)26-20/h5-10,13-14H,11-12,15H2,1-4H3,(H,25,28). The Morgan fingerprint density at radius 2 is 2.03 bits per heavy atom. The van der Waals surface area contributed by atoms with Crippen LogP contribution in [0.1, 0.15) is 31.9 Å². The second-order valence-electron chi connectivity index (χ2n) is 8.58. The van der Waals surface area contributed by atoms with Crippen molar-refractivity contribution in [2.24, 2.45) is 0 Å². The molecule has 0 saturated heterocycles. The van der Waals surface area contributed by atoms with Crippen molar-refractivity contribution in [3.8, 4) is 17.0 Å². The molecule has 1 aromatic heterocycles. The number of hydrogen-bond acceptors (Lipinski definition) is 4. The van der Waals surface area contributed by atoms with Gasteiger partial charge in [-0.25, -0.2) is 4.98 Å². The number of para-hydroxylation sites is 1. The normalized spacial score (nSPS) is 13.2. The molecular formula is C24H27N3O2S. The second-order valence-corrected chi connectivity index (χ2v) is 9.64. The Balaban J connectivity index is 1.48. The Kier molecular flexibility index (Phi) is 5.60. The fourth-order valence-corrected chi connectivity index (χ4v) is 4.48. The molecule has 2 aromatic carbocycles. The molecule has 0 bridgehead atoms. The summed E-state index contributed by atoms with van der Waals surface area (Å²) in [5, 5.41) is 4.02. The van der Waals surface area contributed by atoms with Crippen LogP contribution in [-0.2, 0) is 16.8 Å². The minimum atomic E-state index is -0.191. The van der Waals surface area contributed by atoms with E-state index >= 15 is 0 Å². The summed E-state index contributed by atoms with van der Waals surface area (Å²) in [5.74, 6) is 1.62. The van der Waals surface area contributed by atoms with Crippen molar-refractivity contribution in [1.29, 1.82) is 0 Å². The van der Waals surface area contributed by atoms with E-state index in [1.807, 2.05) is 36.4 Å². The molecule has 0 atom stereocenters. The van der Waals surface area contributed by atoms with Crippen LogP contribution in [0, 0.1) is 6.92 Å². The first kappa shape index (κ1) is 20.5. The number of fused-ring (bicyclic) bond motifs is 1. The minimum absolute atomic E-state index is 0.0456. The molecule has 0 fully saturated rings. The van der Waals surface area contributed by atoms with Crippen molar-refractivity contribution in [3.63, 3.8) is 0 Å². The fraction of sp³-hybridized carbons (Fsp3) is 0.333. The summed E-state index contributed by atoms with van der Waals surface area (Å²) in [6.07, 6.45) is 2.05. The quantitative estimate of drug-likeness (QED) is 0.609. The van der Waals surface area contributed by atoms with Crippen molar-refractivity contribution in [2.75, 3.05) is 17.7 Å². The first-order valence-electron chi connectivity index (χ1n) is 10.1. The lowest BCUT2D eigenvalue weighted by atomic mass is 9.85. The molecule has 0 spiro atoms. The third-order valence-electron chi connectivity index (χ3n) is 5.08. The van der Waals surface area contributed by atoms with Gasteiger partial charge < -0.3 is 14.6 Å². The monoisotopic (exact) mass is 421 g/mol. The summed E-state index contributed by atoms with van der Waals surface area (Å²) in [7, 11) is 0. The van der Waals surface area contributed by atoms with Crippen molar-refractivity contribution < 1.29 is 9.53 Å². The molecular weight excluding hydrogens is 394 g/mol. The molecule has 4 rings (SSSR count). The highest BCUT2D eigenvalue weighted by Gasteiger charge is 2.21. The molecule has 0 aliphatic carbocycles. The molecule has 1 amide bonds. The molecule has 0 radical (unpaired) electrons. The number of carbonyl (C=O) groups excluding carboxylic acids is 1. The van der Waals surface area contributed by atoms with Gasteiger partial charge in [0.05, 0.1) is 11.4 Å². The number of aryl methyl sites for hydroxylation is 2. The Morgan fingerprint density at radius 3 is 2.80 bits per heavy atom. The largest absolute Gasteiger partial charge is 0.483 e. The van der Waals surface area contributed by atoms with Crippen LogP contribution in [0.4, 0.5) is 5.69 Å². The summed E-state index contributed by atoms with van der Waals surface area (Å²) in [4.78, 5) is 17.4. The molecule has 3 aromatic rings. The number of thioether (sulfide) groups is 1. The topological polar surface area (TPSA) is 56.1 Å². The van der Waals surface area contributed by atoms with Crippen molar-refractivity contribution in [1.82, 2.24) is 9.55 Å². The molecule has 6 heteroatoms. The Labute approximate surface area is 181 Å². The van der Waals surface area contributed by atoms with E-state index in [-0.39, 0.29) is 17.9 Å². The number of nitrogens with one attached hydrogen (secondary N) is 1. The van der Waals surface area contributed by atoms with Crippen LogP contribution in [0.15, 0.2) is 53.8 Å². The van der Waals surface area contributed by atoms with Crippen LogP contribution in [0.5, 0.6) is 5.75 Å².